The maximum absolute atomic E-state index is 13.3. The molecule has 0 radical (unpaired) electrons. The number of aromatic amines is 1. The van der Waals surface area contributed by atoms with Crippen LogP contribution in [0.3, 0.4) is 0 Å². The molecule has 0 saturated heterocycles. The molecule has 0 atom stereocenters. The Morgan fingerprint density at radius 1 is 1.44 bits per heavy atom. The van der Waals surface area contributed by atoms with Crippen molar-refractivity contribution in [3.05, 3.63) is 41.2 Å². The molecule has 0 aliphatic carbocycles. The number of carbonyl (C=O) groups is 1. The number of hydrogen-bond donors (Lipinski definition) is 3. The largest absolute Gasteiger partial charge is 0.395 e. The van der Waals surface area contributed by atoms with E-state index >= 15 is 0 Å². The van der Waals surface area contributed by atoms with Crippen molar-refractivity contribution in [3.63, 3.8) is 0 Å². The summed E-state index contributed by atoms with van der Waals surface area (Å²) in [6, 6.07) is 2.84. The molecule has 94 valence electrons. The smallest absolute Gasteiger partial charge is 0.278 e. The van der Waals surface area contributed by atoms with E-state index in [-0.39, 0.29) is 17.1 Å². The van der Waals surface area contributed by atoms with E-state index in [2.05, 4.69) is 15.5 Å². The molecule has 0 unspecified atom stereocenters. The number of aryl methyl sites for hydroxylation is 1. The molecule has 2 rings (SSSR count). The second-order valence-electron chi connectivity index (χ2n) is 3.69. The van der Waals surface area contributed by atoms with Crippen LogP contribution in [0.2, 0.25) is 0 Å². The minimum absolute atomic E-state index is 0.0313. The Morgan fingerprint density at radius 3 is 2.72 bits per heavy atom. The van der Waals surface area contributed by atoms with Gasteiger partial charge in [-0.25, -0.2) is 8.78 Å². The molecule has 0 saturated carbocycles. The van der Waals surface area contributed by atoms with Gasteiger partial charge >= 0.3 is 0 Å². The number of benzene rings is 1. The fraction of sp³-hybridized carbons (Fsp3) is 0.0909. The van der Waals surface area contributed by atoms with Crippen molar-refractivity contribution in [1.29, 1.82) is 0 Å². The number of hydrogen-bond acceptors (Lipinski definition) is 3. The van der Waals surface area contributed by atoms with Crippen LogP contribution < -0.4 is 11.1 Å². The first-order valence-corrected chi connectivity index (χ1v) is 5.06. The number of anilines is 2. The first-order valence-electron chi connectivity index (χ1n) is 5.06. The molecular weight excluding hydrogens is 242 g/mol. The van der Waals surface area contributed by atoms with Crippen molar-refractivity contribution >= 4 is 17.3 Å². The summed E-state index contributed by atoms with van der Waals surface area (Å²) in [7, 11) is 0. The lowest BCUT2D eigenvalue weighted by Gasteiger charge is -2.05. The zero-order valence-corrected chi connectivity index (χ0v) is 9.42. The van der Waals surface area contributed by atoms with Crippen molar-refractivity contribution in [1.82, 2.24) is 10.2 Å². The van der Waals surface area contributed by atoms with Crippen LogP contribution in [0.1, 0.15) is 16.2 Å². The van der Waals surface area contributed by atoms with Crippen molar-refractivity contribution in [2.45, 2.75) is 6.92 Å². The number of aromatic nitrogens is 2. The molecule has 1 aromatic heterocycles. The van der Waals surface area contributed by atoms with E-state index < -0.39 is 17.5 Å². The quantitative estimate of drug-likeness (QED) is 0.762. The highest BCUT2D eigenvalue weighted by atomic mass is 19.1. The highest BCUT2D eigenvalue weighted by Gasteiger charge is 2.16. The number of nitrogens with two attached hydrogens (primary N) is 1. The van der Waals surface area contributed by atoms with Crippen molar-refractivity contribution in [2.24, 2.45) is 0 Å². The molecule has 0 spiro atoms. The van der Waals surface area contributed by atoms with Gasteiger partial charge < -0.3 is 11.1 Å². The molecular formula is C11H10F2N4O. The average Bonchev–Trinajstić information content (AvgIpc) is 2.64. The molecule has 1 heterocycles. The minimum atomic E-state index is -0.867. The van der Waals surface area contributed by atoms with Gasteiger partial charge in [0.05, 0.1) is 17.1 Å². The fourth-order valence-electron chi connectivity index (χ4n) is 1.38. The third-order valence-corrected chi connectivity index (χ3v) is 2.39. The number of rotatable bonds is 2. The average molecular weight is 252 g/mol. The van der Waals surface area contributed by atoms with Crippen LogP contribution in [0.25, 0.3) is 0 Å². The standard InChI is InChI=1S/C11H10F2N4O/c1-5-9(14)10(17-16-5)11(18)15-8-3-2-6(12)4-7(8)13/h2-4H,14H2,1H3,(H,15,18)(H,16,17). The van der Waals surface area contributed by atoms with Crippen molar-refractivity contribution < 1.29 is 13.6 Å². The van der Waals surface area contributed by atoms with Crippen molar-refractivity contribution in [3.8, 4) is 0 Å². The normalized spacial score (nSPS) is 10.4. The van der Waals surface area contributed by atoms with Crippen LogP contribution in [0.4, 0.5) is 20.2 Å². The number of nitrogen functional groups attached to an aromatic ring is 1. The topological polar surface area (TPSA) is 83.8 Å². The Labute approximate surface area is 101 Å². The lowest BCUT2D eigenvalue weighted by molar-refractivity contribution is 0.102. The SMILES string of the molecule is Cc1[nH]nc(C(=O)Nc2ccc(F)cc2F)c1N. The molecule has 7 heteroatoms. The van der Waals surface area contributed by atoms with Crippen LogP contribution in [0, 0.1) is 18.6 Å². The summed E-state index contributed by atoms with van der Waals surface area (Å²) in [6.07, 6.45) is 0. The number of nitrogens with zero attached hydrogens (tertiary/aromatic N) is 1. The van der Waals surface area contributed by atoms with Gasteiger partial charge in [0.15, 0.2) is 5.69 Å². The molecule has 4 N–H and O–H groups in total. The van der Waals surface area contributed by atoms with E-state index in [1.807, 2.05) is 0 Å². The van der Waals surface area contributed by atoms with E-state index in [4.69, 9.17) is 5.73 Å². The summed E-state index contributed by atoms with van der Waals surface area (Å²) in [5.41, 5.74) is 6.17. The third-order valence-electron chi connectivity index (χ3n) is 2.39. The van der Waals surface area contributed by atoms with E-state index in [0.717, 1.165) is 12.1 Å². The number of amides is 1. The Kier molecular flexibility index (Phi) is 2.97. The van der Waals surface area contributed by atoms with Crippen LogP contribution >= 0.6 is 0 Å². The van der Waals surface area contributed by atoms with Gasteiger partial charge in [-0.15, -0.1) is 0 Å². The molecule has 5 nitrogen and oxygen atoms in total. The van der Waals surface area contributed by atoms with Gasteiger partial charge in [-0.2, -0.15) is 5.10 Å². The lowest BCUT2D eigenvalue weighted by Crippen LogP contribution is -2.15. The van der Waals surface area contributed by atoms with Crippen LogP contribution in [0.15, 0.2) is 18.2 Å². The Bertz CT molecular complexity index is 609. The molecule has 1 amide bonds. The predicted molar refractivity (Wildman–Crippen MR) is 62.0 cm³/mol. The highest BCUT2D eigenvalue weighted by Crippen LogP contribution is 2.18. The van der Waals surface area contributed by atoms with Gasteiger partial charge in [0.1, 0.15) is 11.6 Å². The van der Waals surface area contributed by atoms with E-state index in [1.54, 1.807) is 6.92 Å². The monoisotopic (exact) mass is 252 g/mol. The molecule has 0 bridgehead atoms. The minimum Gasteiger partial charge on any atom is -0.395 e. The number of nitrogens with one attached hydrogen (secondary N) is 2. The lowest BCUT2D eigenvalue weighted by atomic mass is 10.2. The first kappa shape index (κ1) is 12.0. The molecule has 18 heavy (non-hydrogen) atoms. The van der Waals surface area contributed by atoms with Gasteiger partial charge in [0, 0.05) is 6.07 Å². The van der Waals surface area contributed by atoms with Crippen LogP contribution in [0.5, 0.6) is 0 Å². The number of carbonyl (C=O) groups excluding carboxylic acids is 1. The molecule has 0 fully saturated rings. The Balaban J connectivity index is 2.24. The van der Waals surface area contributed by atoms with E-state index in [1.165, 1.54) is 0 Å². The third kappa shape index (κ3) is 2.15. The van der Waals surface area contributed by atoms with E-state index in [0.29, 0.717) is 11.8 Å². The Morgan fingerprint density at radius 2 is 2.17 bits per heavy atom. The van der Waals surface area contributed by atoms with Gasteiger partial charge in [0.2, 0.25) is 0 Å². The maximum atomic E-state index is 13.3. The summed E-state index contributed by atoms with van der Waals surface area (Å²) in [4.78, 5) is 11.8. The highest BCUT2D eigenvalue weighted by molar-refractivity contribution is 6.06. The molecule has 0 aliphatic rings. The van der Waals surface area contributed by atoms with Gasteiger partial charge in [-0.3, -0.25) is 9.89 Å². The number of halogens is 2. The maximum Gasteiger partial charge on any atom is 0.278 e. The number of H-pyrrole nitrogens is 1. The summed E-state index contributed by atoms with van der Waals surface area (Å²) < 4.78 is 26.0. The fourth-order valence-corrected chi connectivity index (χ4v) is 1.38. The van der Waals surface area contributed by atoms with Crippen molar-refractivity contribution in [2.75, 3.05) is 11.1 Å². The zero-order valence-electron chi connectivity index (χ0n) is 9.42. The predicted octanol–water partition coefficient (Wildman–Crippen LogP) is 1.83. The van der Waals surface area contributed by atoms with Crippen LogP contribution in [-0.4, -0.2) is 16.1 Å². The first-order chi connectivity index (χ1) is 8.49. The van der Waals surface area contributed by atoms with Gasteiger partial charge in [-0.1, -0.05) is 0 Å². The molecule has 1 aromatic carbocycles. The molecule has 2 aromatic rings. The molecule has 0 aliphatic heterocycles. The summed E-state index contributed by atoms with van der Waals surface area (Å²) in [5, 5.41) is 8.50. The summed E-state index contributed by atoms with van der Waals surface area (Å²) in [6.45, 7) is 1.65. The zero-order chi connectivity index (χ0) is 13.3. The second kappa shape index (κ2) is 4.44. The summed E-state index contributed by atoms with van der Waals surface area (Å²) >= 11 is 0. The van der Waals surface area contributed by atoms with Gasteiger partial charge in [-0.05, 0) is 19.1 Å². The summed E-state index contributed by atoms with van der Waals surface area (Å²) in [5.74, 6) is -2.25. The van der Waals surface area contributed by atoms with Crippen LogP contribution in [-0.2, 0) is 0 Å². The van der Waals surface area contributed by atoms with E-state index in [9.17, 15) is 13.6 Å². The second-order valence-corrected chi connectivity index (χ2v) is 3.69. The van der Waals surface area contributed by atoms with Gasteiger partial charge in [0.25, 0.3) is 5.91 Å². The Hall–Kier alpha value is -2.44.